The van der Waals surface area contributed by atoms with Crippen LogP contribution >= 0.6 is 7.37 Å². The Hall–Kier alpha value is -0.360. The van der Waals surface area contributed by atoms with Gasteiger partial charge in [0.25, 0.3) is 0 Å². The van der Waals surface area contributed by atoms with Gasteiger partial charge in [-0.25, -0.2) is 0 Å². The minimum atomic E-state index is -2.62. The second-order valence-electron chi connectivity index (χ2n) is 2.32. The molecule has 1 atom stereocenters. The highest BCUT2D eigenvalue weighted by atomic mass is 31.2. The molecule has 0 aliphatic carbocycles. The molecule has 0 heterocycles. The van der Waals surface area contributed by atoms with Gasteiger partial charge in [0.05, 0.1) is 19.3 Å². The van der Waals surface area contributed by atoms with E-state index >= 15 is 0 Å². The standard InChI is InChI=1S/C7H14NO3P/c1-2-12(10,7-3-4-8)11-6-5-9/h9H,2-3,5-7H2,1H3. The third kappa shape index (κ3) is 4.50. The van der Waals surface area contributed by atoms with Gasteiger partial charge in [-0.2, -0.15) is 5.26 Å². The Labute approximate surface area is 72.6 Å². The average molecular weight is 191 g/mol. The van der Waals surface area contributed by atoms with Gasteiger partial charge in [-0.3, -0.25) is 4.57 Å². The lowest BCUT2D eigenvalue weighted by Crippen LogP contribution is -2.02. The van der Waals surface area contributed by atoms with Crippen LogP contribution in [0.3, 0.4) is 0 Å². The summed E-state index contributed by atoms with van der Waals surface area (Å²) in [6, 6.07) is 1.92. The van der Waals surface area contributed by atoms with Crippen LogP contribution in [0.4, 0.5) is 0 Å². The molecule has 70 valence electrons. The van der Waals surface area contributed by atoms with Gasteiger partial charge in [0, 0.05) is 18.7 Å². The Morgan fingerprint density at radius 3 is 2.75 bits per heavy atom. The van der Waals surface area contributed by atoms with E-state index in [1.165, 1.54) is 0 Å². The van der Waals surface area contributed by atoms with Crippen molar-refractivity contribution in [3.05, 3.63) is 0 Å². The second-order valence-corrected chi connectivity index (χ2v) is 5.29. The van der Waals surface area contributed by atoms with E-state index in [2.05, 4.69) is 0 Å². The van der Waals surface area contributed by atoms with Crippen LogP contribution in [0.25, 0.3) is 0 Å². The van der Waals surface area contributed by atoms with Crippen LogP contribution in [-0.2, 0) is 9.09 Å². The number of hydrogen-bond acceptors (Lipinski definition) is 4. The lowest BCUT2D eigenvalue weighted by atomic mass is 10.6. The first kappa shape index (κ1) is 11.6. The topological polar surface area (TPSA) is 70.3 Å². The molecule has 1 N–H and O–H groups in total. The molecule has 0 aliphatic rings. The molecular weight excluding hydrogens is 177 g/mol. The summed E-state index contributed by atoms with van der Waals surface area (Å²) in [4.78, 5) is 0. The Balaban J connectivity index is 3.89. The lowest BCUT2D eigenvalue weighted by molar-refractivity contribution is 0.202. The number of rotatable bonds is 6. The number of hydrogen-bond donors (Lipinski definition) is 1. The maximum Gasteiger partial charge on any atom is 0.203 e. The van der Waals surface area contributed by atoms with E-state index in [1.807, 2.05) is 6.07 Å². The molecule has 0 fully saturated rings. The monoisotopic (exact) mass is 191 g/mol. The number of nitrogens with zero attached hydrogens (tertiary/aromatic N) is 1. The average Bonchev–Trinajstić information content (AvgIpc) is 2.11. The van der Waals surface area contributed by atoms with Gasteiger partial charge in [0.1, 0.15) is 0 Å². The first-order valence-corrected chi connectivity index (χ1v) is 5.88. The van der Waals surface area contributed by atoms with Gasteiger partial charge in [-0.15, -0.1) is 0 Å². The molecule has 0 aromatic rings. The normalized spacial score (nSPS) is 15.1. The molecule has 0 aromatic heterocycles. The Morgan fingerprint density at radius 1 is 1.67 bits per heavy atom. The highest BCUT2D eigenvalue weighted by Gasteiger charge is 2.19. The zero-order valence-electron chi connectivity index (χ0n) is 7.19. The fourth-order valence-corrected chi connectivity index (χ4v) is 2.22. The molecule has 12 heavy (non-hydrogen) atoms. The molecule has 0 radical (unpaired) electrons. The zero-order valence-corrected chi connectivity index (χ0v) is 8.09. The van der Waals surface area contributed by atoms with Crippen LogP contribution in [0.1, 0.15) is 13.3 Å². The molecule has 0 spiro atoms. The van der Waals surface area contributed by atoms with Crippen molar-refractivity contribution in [1.82, 2.24) is 0 Å². The van der Waals surface area contributed by atoms with Crippen LogP contribution in [0.15, 0.2) is 0 Å². The highest BCUT2D eigenvalue weighted by Crippen LogP contribution is 2.46. The second kappa shape index (κ2) is 6.19. The number of nitriles is 1. The number of aliphatic hydroxyl groups excluding tert-OH is 1. The predicted octanol–water partition coefficient (Wildman–Crippen LogP) is 1.21. The third-order valence-electron chi connectivity index (χ3n) is 1.46. The summed E-state index contributed by atoms with van der Waals surface area (Å²) in [5.41, 5.74) is 0. The molecule has 0 amide bonds. The van der Waals surface area contributed by atoms with Crippen LogP contribution in [0.5, 0.6) is 0 Å². The maximum absolute atomic E-state index is 11.6. The molecule has 4 nitrogen and oxygen atoms in total. The summed E-state index contributed by atoms with van der Waals surface area (Å²) in [7, 11) is -2.62. The fourth-order valence-electron chi connectivity index (χ4n) is 0.741. The lowest BCUT2D eigenvalue weighted by Gasteiger charge is -2.14. The maximum atomic E-state index is 11.6. The molecule has 5 heteroatoms. The molecule has 0 bridgehead atoms. The van der Waals surface area contributed by atoms with Gasteiger partial charge in [0.2, 0.25) is 7.37 Å². The van der Waals surface area contributed by atoms with E-state index in [1.54, 1.807) is 6.92 Å². The molecule has 0 aromatic carbocycles. The van der Waals surface area contributed by atoms with Crippen molar-refractivity contribution in [3.8, 4) is 6.07 Å². The van der Waals surface area contributed by atoms with E-state index in [9.17, 15) is 4.57 Å². The summed E-state index contributed by atoms with van der Waals surface area (Å²) in [6.07, 6.45) is 0.964. The van der Waals surface area contributed by atoms with Gasteiger partial charge in [-0.1, -0.05) is 6.92 Å². The molecule has 0 saturated heterocycles. The van der Waals surface area contributed by atoms with Crippen LogP contribution in [0.2, 0.25) is 0 Å². The van der Waals surface area contributed by atoms with Gasteiger partial charge < -0.3 is 9.63 Å². The van der Waals surface area contributed by atoms with Crippen molar-refractivity contribution >= 4 is 7.37 Å². The summed E-state index contributed by atoms with van der Waals surface area (Å²) >= 11 is 0. The van der Waals surface area contributed by atoms with E-state index in [4.69, 9.17) is 14.9 Å². The first-order valence-electron chi connectivity index (χ1n) is 3.89. The molecule has 0 aliphatic heterocycles. The predicted molar refractivity (Wildman–Crippen MR) is 46.3 cm³/mol. The summed E-state index contributed by atoms with van der Waals surface area (Å²) < 4.78 is 16.6. The largest absolute Gasteiger partial charge is 0.394 e. The van der Waals surface area contributed by atoms with E-state index in [0.29, 0.717) is 12.3 Å². The van der Waals surface area contributed by atoms with E-state index in [-0.39, 0.29) is 19.6 Å². The van der Waals surface area contributed by atoms with Crippen molar-refractivity contribution < 1.29 is 14.2 Å². The summed E-state index contributed by atoms with van der Waals surface area (Å²) in [5, 5.41) is 16.7. The van der Waals surface area contributed by atoms with Gasteiger partial charge in [-0.05, 0) is 0 Å². The van der Waals surface area contributed by atoms with Crippen LogP contribution in [0, 0.1) is 11.3 Å². The Morgan fingerprint density at radius 2 is 2.33 bits per heavy atom. The van der Waals surface area contributed by atoms with Crippen LogP contribution < -0.4 is 0 Å². The van der Waals surface area contributed by atoms with Gasteiger partial charge >= 0.3 is 0 Å². The highest BCUT2D eigenvalue weighted by molar-refractivity contribution is 7.58. The van der Waals surface area contributed by atoms with Crippen molar-refractivity contribution in [3.63, 3.8) is 0 Å². The van der Waals surface area contributed by atoms with Crippen molar-refractivity contribution in [2.75, 3.05) is 25.5 Å². The van der Waals surface area contributed by atoms with Gasteiger partial charge in [0.15, 0.2) is 0 Å². The van der Waals surface area contributed by atoms with Crippen molar-refractivity contribution in [2.24, 2.45) is 0 Å². The Kier molecular flexibility index (Phi) is 6.00. The zero-order chi connectivity index (χ0) is 9.45. The number of aliphatic hydroxyl groups is 1. The quantitative estimate of drug-likeness (QED) is 0.640. The van der Waals surface area contributed by atoms with Crippen molar-refractivity contribution in [1.29, 1.82) is 5.26 Å². The minimum absolute atomic E-state index is 0.0938. The van der Waals surface area contributed by atoms with Crippen molar-refractivity contribution in [2.45, 2.75) is 13.3 Å². The molecule has 0 saturated carbocycles. The molecular formula is C7H14NO3P. The first-order chi connectivity index (χ1) is 5.68. The smallest absolute Gasteiger partial charge is 0.203 e. The van der Waals surface area contributed by atoms with E-state index in [0.717, 1.165) is 0 Å². The SMILES string of the molecule is CCP(=O)(CCC#N)OCCO. The summed E-state index contributed by atoms with van der Waals surface area (Å²) in [5.74, 6) is 0. The summed E-state index contributed by atoms with van der Waals surface area (Å²) in [6.45, 7) is 1.72. The van der Waals surface area contributed by atoms with E-state index < -0.39 is 7.37 Å². The third-order valence-corrected chi connectivity index (χ3v) is 3.99. The fraction of sp³-hybridized carbons (Fsp3) is 0.857. The van der Waals surface area contributed by atoms with Crippen LogP contribution in [-0.4, -0.2) is 30.6 Å². The molecule has 1 unspecified atom stereocenters. The minimum Gasteiger partial charge on any atom is -0.394 e. The molecule has 0 rings (SSSR count). The Bertz CT molecular complexity index is 199.